The van der Waals surface area contributed by atoms with E-state index in [1.807, 2.05) is 19.1 Å². The first kappa shape index (κ1) is 15.5. The zero-order chi connectivity index (χ0) is 13.5. The Morgan fingerprint density at radius 2 is 2.00 bits per heavy atom. The second-order valence-electron chi connectivity index (χ2n) is 4.47. The minimum atomic E-state index is -0.244. The summed E-state index contributed by atoms with van der Waals surface area (Å²) in [5.74, 6) is 0.314. The fraction of sp³-hybridized carbons (Fsp3) is 0.571. The Kier molecular flexibility index (Phi) is 6.68. The van der Waals surface area contributed by atoms with Gasteiger partial charge in [0.05, 0.1) is 6.10 Å². The molecule has 0 aromatic heterocycles. The second-order valence-corrected chi connectivity index (χ2v) is 5.38. The fourth-order valence-electron chi connectivity index (χ4n) is 1.91. The zero-order valence-corrected chi connectivity index (χ0v) is 12.6. The van der Waals surface area contributed by atoms with Gasteiger partial charge in [0.25, 0.3) is 0 Å². The van der Waals surface area contributed by atoms with Gasteiger partial charge < -0.3 is 15.5 Å². The van der Waals surface area contributed by atoms with Crippen molar-refractivity contribution in [3.05, 3.63) is 28.2 Å². The summed E-state index contributed by atoms with van der Waals surface area (Å²) in [6, 6.07) is 5.58. The molecule has 18 heavy (non-hydrogen) atoms. The molecule has 0 saturated carbocycles. The maximum absolute atomic E-state index is 9.88. The third-order valence-corrected chi connectivity index (χ3v) is 3.61. The first-order chi connectivity index (χ1) is 8.58. The average molecular weight is 316 g/mol. The van der Waals surface area contributed by atoms with Crippen LogP contribution in [0.2, 0.25) is 0 Å². The molecule has 0 bridgehead atoms. The normalized spacial score (nSPS) is 14.4. The van der Waals surface area contributed by atoms with Gasteiger partial charge in [-0.25, -0.2) is 0 Å². The second kappa shape index (κ2) is 7.77. The van der Waals surface area contributed by atoms with Gasteiger partial charge in [-0.3, -0.25) is 0 Å². The van der Waals surface area contributed by atoms with Crippen LogP contribution in [-0.4, -0.2) is 22.9 Å². The molecule has 1 aromatic rings. The largest absolute Gasteiger partial charge is 0.508 e. The topological polar surface area (TPSA) is 52.5 Å². The lowest BCUT2D eigenvalue weighted by Crippen LogP contribution is -2.25. The molecule has 3 N–H and O–H groups in total. The number of hydrogen-bond donors (Lipinski definition) is 3. The third-order valence-electron chi connectivity index (χ3n) is 3.11. The van der Waals surface area contributed by atoms with Crippen LogP contribution in [0.1, 0.15) is 44.7 Å². The number of aliphatic hydroxyl groups is 1. The molecule has 2 atom stereocenters. The summed E-state index contributed by atoms with van der Waals surface area (Å²) in [4.78, 5) is 0. The quantitative estimate of drug-likeness (QED) is 0.723. The highest BCUT2D eigenvalue weighted by atomic mass is 79.9. The van der Waals surface area contributed by atoms with Gasteiger partial charge in [-0.05, 0) is 44.0 Å². The molecule has 0 aliphatic heterocycles. The van der Waals surface area contributed by atoms with Crippen molar-refractivity contribution in [3.8, 4) is 5.75 Å². The number of nitrogens with one attached hydrogen (secondary N) is 1. The van der Waals surface area contributed by atoms with Gasteiger partial charge >= 0.3 is 0 Å². The van der Waals surface area contributed by atoms with E-state index in [-0.39, 0.29) is 12.1 Å². The minimum absolute atomic E-state index is 0.117. The Morgan fingerprint density at radius 3 is 2.61 bits per heavy atom. The first-order valence-corrected chi connectivity index (χ1v) is 7.27. The molecular weight excluding hydrogens is 294 g/mol. The SMILES string of the molecule is CCC(O)CCNC(CC)c1cc(Br)ccc1O. The molecule has 0 fully saturated rings. The number of phenols is 1. The maximum atomic E-state index is 9.88. The monoisotopic (exact) mass is 315 g/mol. The van der Waals surface area contributed by atoms with E-state index in [0.717, 1.165) is 35.8 Å². The van der Waals surface area contributed by atoms with E-state index in [4.69, 9.17) is 0 Å². The Balaban J connectivity index is 2.62. The summed E-state index contributed by atoms with van der Waals surface area (Å²) in [5, 5.41) is 22.8. The predicted molar refractivity (Wildman–Crippen MR) is 77.8 cm³/mol. The summed E-state index contributed by atoms with van der Waals surface area (Å²) >= 11 is 3.42. The number of aliphatic hydroxyl groups excluding tert-OH is 1. The molecule has 0 aliphatic rings. The van der Waals surface area contributed by atoms with Crippen molar-refractivity contribution in [2.24, 2.45) is 0 Å². The molecule has 3 nitrogen and oxygen atoms in total. The zero-order valence-electron chi connectivity index (χ0n) is 11.0. The molecule has 0 heterocycles. The van der Waals surface area contributed by atoms with Crippen molar-refractivity contribution in [2.45, 2.75) is 45.3 Å². The Labute approximate surface area is 117 Å². The highest BCUT2D eigenvalue weighted by molar-refractivity contribution is 9.10. The van der Waals surface area contributed by atoms with Crippen molar-refractivity contribution in [2.75, 3.05) is 6.54 Å². The van der Waals surface area contributed by atoms with Crippen LogP contribution in [0.15, 0.2) is 22.7 Å². The predicted octanol–water partition coefficient (Wildman–Crippen LogP) is 3.36. The van der Waals surface area contributed by atoms with Crippen LogP contribution in [0.3, 0.4) is 0 Å². The number of rotatable bonds is 7. The van der Waals surface area contributed by atoms with Gasteiger partial charge in [0.1, 0.15) is 5.75 Å². The van der Waals surface area contributed by atoms with Crippen LogP contribution in [0.4, 0.5) is 0 Å². The molecular formula is C14H22BrNO2. The standard InChI is InChI=1S/C14H22BrNO2/c1-3-11(17)7-8-16-13(4-2)12-9-10(15)5-6-14(12)18/h5-6,9,11,13,16-18H,3-4,7-8H2,1-2H3. The van der Waals surface area contributed by atoms with Gasteiger partial charge in [-0.1, -0.05) is 29.8 Å². The van der Waals surface area contributed by atoms with Gasteiger partial charge in [-0.15, -0.1) is 0 Å². The lowest BCUT2D eigenvalue weighted by atomic mass is 10.0. The van der Waals surface area contributed by atoms with E-state index >= 15 is 0 Å². The van der Waals surface area contributed by atoms with Gasteiger partial charge in [0.2, 0.25) is 0 Å². The van der Waals surface area contributed by atoms with E-state index in [2.05, 4.69) is 28.2 Å². The van der Waals surface area contributed by atoms with Crippen molar-refractivity contribution in [3.63, 3.8) is 0 Å². The Hall–Kier alpha value is -0.580. The molecule has 0 saturated heterocycles. The number of halogens is 1. The van der Waals surface area contributed by atoms with Crippen LogP contribution in [0, 0.1) is 0 Å². The summed E-state index contributed by atoms with van der Waals surface area (Å²) < 4.78 is 0.962. The molecule has 0 spiro atoms. The molecule has 0 amide bonds. The molecule has 0 radical (unpaired) electrons. The van der Waals surface area contributed by atoms with E-state index in [9.17, 15) is 10.2 Å². The minimum Gasteiger partial charge on any atom is -0.508 e. The van der Waals surface area contributed by atoms with Crippen LogP contribution in [-0.2, 0) is 0 Å². The van der Waals surface area contributed by atoms with Crippen molar-refractivity contribution in [1.82, 2.24) is 5.32 Å². The molecule has 2 unspecified atom stereocenters. The number of hydrogen-bond acceptors (Lipinski definition) is 3. The average Bonchev–Trinajstić information content (AvgIpc) is 2.37. The number of aromatic hydroxyl groups is 1. The molecule has 4 heteroatoms. The lowest BCUT2D eigenvalue weighted by Gasteiger charge is -2.19. The molecule has 0 aliphatic carbocycles. The smallest absolute Gasteiger partial charge is 0.120 e. The number of benzene rings is 1. The van der Waals surface area contributed by atoms with Crippen LogP contribution in [0.5, 0.6) is 5.75 Å². The first-order valence-electron chi connectivity index (χ1n) is 6.48. The van der Waals surface area contributed by atoms with E-state index < -0.39 is 0 Å². The van der Waals surface area contributed by atoms with E-state index in [1.54, 1.807) is 6.07 Å². The van der Waals surface area contributed by atoms with Crippen molar-refractivity contribution < 1.29 is 10.2 Å². The number of phenolic OH excluding ortho intramolecular Hbond substituents is 1. The molecule has 1 aromatic carbocycles. The van der Waals surface area contributed by atoms with Crippen LogP contribution in [0.25, 0.3) is 0 Å². The van der Waals surface area contributed by atoms with E-state index in [0.29, 0.717) is 5.75 Å². The molecule has 102 valence electrons. The molecule has 1 rings (SSSR count). The van der Waals surface area contributed by atoms with Crippen LogP contribution >= 0.6 is 15.9 Å². The highest BCUT2D eigenvalue weighted by Crippen LogP contribution is 2.29. The summed E-state index contributed by atoms with van der Waals surface area (Å²) in [6.45, 7) is 4.80. The summed E-state index contributed by atoms with van der Waals surface area (Å²) in [7, 11) is 0. The summed E-state index contributed by atoms with van der Waals surface area (Å²) in [5.41, 5.74) is 0.901. The summed E-state index contributed by atoms with van der Waals surface area (Å²) in [6.07, 6.45) is 2.17. The van der Waals surface area contributed by atoms with Gasteiger partial charge in [0.15, 0.2) is 0 Å². The van der Waals surface area contributed by atoms with Crippen molar-refractivity contribution in [1.29, 1.82) is 0 Å². The maximum Gasteiger partial charge on any atom is 0.120 e. The Bertz CT molecular complexity index is 371. The Morgan fingerprint density at radius 1 is 1.28 bits per heavy atom. The van der Waals surface area contributed by atoms with Crippen LogP contribution < -0.4 is 5.32 Å². The van der Waals surface area contributed by atoms with Gasteiger partial charge in [0, 0.05) is 16.1 Å². The highest BCUT2D eigenvalue weighted by Gasteiger charge is 2.13. The van der Waals surface area contributed by atoms with Gasteiger partial charge in [-0.2, -0.15) is 0 Å². The third kappa shape index (κ3) is 4.59. The van der Waals surface area contributed by atoms with Crippen molar-refractivity contribution >= 4 is 15.9 Å². The lowest BCUT2D eigenvalue weighted by molar-refractivity contribution is 0.158. The van der Waals surface area contributed by atoms with E-state index in [1.165, 1.54) is 0 Å². The fourth-order valence-corrected chi connectivity index (χ4v) is 2.29.